The summed E-state index contributed by atoms with van der Waals surface area (Å²) in [5.74, 6) is -0.193. The van der Waals surface area contributed by atoms with Gasteiger partial charge in [-0.1, -0.05) is 18.2 Å². The Hall–Kier alpha value is -0.580. The lowest BCUT2D eigenvalue weighted by molar-refractivity contribution is -0.128. The molecule has 0 bridgehead atoms. The first kappa shape index (κ1) is 8.52. The highest BCUT2D eigenvalue weighted by atomic mass is 127. The summed E-state index contributed by atoms with van der Waals surface area (Å²) < 4.78 is 6.03. The van der Waals surface area contributed by atoms with E-state index >= 15 is 0 Å². The molecule has 1 aromatic carbocycles. The molecule has 0 saturated heterocycles. The van der Waals surface area contributed by atoms with Crippen molar-refractivity contribution in [2.45, 2.75) is 6.92 Å². The Morgan fingerprint density at radius 2 is 2.00 bits per heavy atom. The molecule has 0 fully saturated rings. The van der Waals surface area contributed by atoms with Crippen LogP contribution in [0.1, 0.15) is 6.92 Å². The van der Waals surface area contributed by atoms with Crippen LogP contribution in [0.2, 0.25) is 0 Å². The number of halogens is 1. The van der Waals surface area contributed by atoms with Gasteiger partial charge in [0.2, 0.25) is 0 Å². The smallest absolute Gasteiger partial charge is 0.311 e. The molecule has 0 unspecified atom stereocenters. The van der Waals surface area contributed by atoms with Crippen LogP contribution in [0.3, 0.4) is 0 Å². The predicted octanol–water partition coefficient (Wildman–Crippen LogP) is 2.30. The Morgan fingerprint density at radius 1 is 1.36 bits per heavy atom. The maximum absolute atomic E-state index is 10.4. The van der Waals surface area contributed by atoms with Crippen LogP contribution in [0.4, 0.5) is 0 Å². The molecule has 0 heterocycles. The van der Waals surface area contributed by atoms with Gasteiger partial charge in [-0.15, -0.1) is 0 Å². The lowest BCUT2D eigenvalue weighted by Gasteiger charge is -1.97. The summed E-state index contributed by atoms with van der Waals surface area (Å²) in [6.45, 7) is 1.43. The van der Waals surface area contributed by atoms with Crippen LogP contribution >= 0.6 is 21.6 Å². The van der Waals surface area contributed by atoms with Gasteiger partial charge in [0, 0.05) is 10.5 Å². The zero-order valence-corrected chi connectivity index (χ0v) is 8.24. The van der Waals surface area contributed by atoms with Crippen molar-refractivity contribution >= 4 is 27.6 Å². The average Bonchev–Trinajstić information content (AvgIpc) is 2.03. The van der Waals surface area contributed by atoms with E-state index in [9.17, 15) is 4.79 Å². The number of benzene rings is 1. The van der Waals surface area contributed by atoms with Gasteiger partial charge in [0.25, 0.3) is 0 Å². The van der Waals surface area contributed by atoms with Crippen LogP contribution in [-0.2, 0) is 7.86 Å². The molecule has 0 aromatic heterocycles. The van der Waals surface area contributed by atoms with E-state index in [2.05, 4.69) is 0 Å². The summed E-state index contributed by atoms with van der Waals surface area (Å²) in [6, 6.07) is 9.77. The highest BCUT2D eigenvalue weighted by Gasteiger charge is 1.95. The van der Waals surface area contributed by atoms with Gasteiger partial charge in [0.15, 0.2) is 0 Å². The number of carbonyl (C=O) groups is 1. The van der Waals surface area contributed by atoms with Crippen molar-refractivity contribution < 1.29 is 7.86 Å². The summed E-state index contributed by atoms with van der Waals surface area (Å²) in [5.41, 5.74) is 0. The lowest BCUT2D eigenvalue weighted by Crippen LogP contribution is -1.87. The molecule has 0 amide bonds. The molecule has 1 radical (unpaired) electrons. The standard InChI is InChI=1S/C8H8IO2/c1-7(10)11-9-8-5-3-2-4-6-8/h2-6H,1H3. The summed E-state index contributed by atoms with van der Waals surface area (Å²) >= 11 is -0.563. The number of rotatable bonds is 2. The van der Waals surface area contributed by atoms with Gasteiger partial charge in [-0.2, -0.15) is 0 Å². The molecule has 0 spiro atoms. The molecule has 0 aliphatic carbocycles. The van der Waals surface area contributed by atoms with Gasteiger partial charge in [0.05, 0.1) is 0 Å². The van der Waals surface area contributed by atoms with E-state index in [1.165, 1.54) is 6.92 Å². The molecule has 1 aromatic rings. The number of hydrogen-bond acceptors (Lipinski definition) is 2. The van der Waals surface area contributed by atoms with Crippen LogP contribution in [0.25, 0.3) is 0 Å². The normalized spacial score (nSPS) is 9.18. The molecule has 11 heavy (non-hydrogen) atoms. The average molecular weight is 263 g/mol. The zero-order valence-electron chi connectivity index (χ0n) is 6.08. The number of hydrogen-bond donors (Lipinski definition) is 0. The third-order valence-electron chi connectivity index (χ3n) is 0.969. The van der Waals surface area contributed by atoms with Crippen LogP contribution in [0.15, 0.2) is 30.3 Å². The molecule has 0 N–H and O–H groups in total. The van der Waals surface area contributed by atoms with Crippen molar-refractivity contribution in [1.82, 2.24) is 0 Å². The molecule has 0 saturated carbocycles. The van der Waals surface area contributed by atoms with Crippen molar-refractivity contribution in [3.8, 4) is 0 Å². The second-order valence-corrected chi connectivity index (χ2v) is 4.07. The van der Waals surface area contributed by atoms with Crippen LogP contribution in [0, 0.1) is 3.57 Å². The van der Waals surface area contributed by atoms with Gasteiger partial charge < -0.3 is 3.07 Å². The summed E-state index contributed by atoms with van der Waals surface area (Å²) in [7, 11) is 0. The Labute approximate surface area is 76.4 Å². The van der Waals surface area contributed by atoms with Gasteiger partial charge >= 0.3 is 5.97 Å². The quantitative estimate of drug-likeness (QED) is 0.765. The van der Waals surface area contributed by atoms with Gasteiger partial charge in [-0.05, 0) is 12.1 Å². The van der Waals surface area contributed by atoms with Crippen LogP contribution < -0.4 is 0 Å². The van der Waals surface area contributed by atoms with Gasteiger partial charge in [-0.25, -0.2) is 0 Å². The van der Waals surface area contributed by atoms with E-state index in [-0.39, 0.29) is 5.97 Å². The fraction of sp³-hybridized carbons (Fsp3) is 0.125. The predicted molar refractivity (Wildman–Crippen MR) is 50.9 cm³/mol. The minimum atomic E-state index is -0.563. The molecule has 0 aliphatic rings. The second-order valence-electron chi connectivity index (χ2n) is 1.94. The first-order valence-electron chi connectivity index (χ1n) is 3.16. The largest absolute Gasteiger partial charge is 0.403 e. The van der Waals surface area contributed by atoms with Crippen molar-refractivity contribution in [3.05, 3.63) is 33.9 Å². The SMILES string of the molecule is CC(=O)O[I]c1ccccc1. The first-order valence-corrected chi connectivity index (χ1v) is 5.12. The molecule has 1 rings (SSSR count). The van der Waals surface area contributed by atoms with Crippen molar-refractivity contribution in [2.75, 3.05) is 0 Å². The molecule has 0 aliphatic heterocycles. The third-order valence-corrected chi connectivity index (χ3v) is 3.04. The monoisotopic (exact) mass is 263 g/mol. The van der Waals surface area contributed by atoms with E-state index in [1.54, 1.807) is 0 Å². The van der Waals surface area contributed by atoms with Gasteiger partial charge in [0.1, 0.15) is 21.6 Å². The molecule has 3 heteroatoms. The fourth-order valence-corrected chi connectivity index (χ4v) is 1.84. The Kier molecular flexibility index (Phi) is 3.35. The Morgan fingerprint density at radius 3 is 2.55 bits per heavy atom. The van der Waals surface area contributed by atoms with Crippen LogP contribution in [0.5, 0.6) is 0 Å². The maximum Gasteiger partial charge on any atom is 0.311 e. The molecular formula is C8H8IO2. The third kappa shape index (κ3) is 3.36. The zero-order chi connectivity index (χ0) is 8.10. The van der Waals surface area contributed by atoms with E-state index in [0.29, 0.717) is 0 Å². The lowest BCUT2D eigenvalue weighted by atomic mass is 10.4. The first-order chi connectivity index (χ1) is 5.29. The van der Waals surface area contributed by atoms with E-state index in [0.717, 1.165) is 3.57 Å². The number of carbonyl (C=O) groups excluding carboxylic acids is 1. The fourth-order valence-electron chi connectivity index (χ4n) is 0.565. The van der Waals surface area contributed by atoms with E-state index < -0.39 is 21.6 Å². The topological polar surface area (TPSA) is 26.3 Å². The Bertz CT molecular complexity index is 233. The highest BCUT2D eigenvalue weighted by molar-refractivity contribution is 14.2. The molecular weight excluding hydrogens is 255 g/mol. The Balaban J connectivity index is 2.45. The van der Waals surface area contributed by atoms with Crippen LogP contribution in [-0.4, -0.2) is 5.97 Å². The van der Waals surface area contributed by atoms with Crippen molar-refractivity contribution in [3.63, 3.8) is 0 Å². The van der Waals surface area contributed by atoms with E-state index in [1.807, 2.05) is 30.3 Å². The maximum atomic E-state index is 10.4. The molecule has 2 nitrogen and oxygen atoms in total. The minimum absolute atomic E-state index is 0.193. The van der Waals surface area contributed by atoms with Gasteiger partial charge in [-0.3, -0.25) is 4.79 Å². The summed E-state index contributed by atoms with van der Waals surface area (Å²) in [5, 5.41) is 0. The van der Waals surface area contributed by atoms with Crippen molar-refractivity contribution in [2.24, 2.45) is 0 Å². The van der Waals surface area contributed by atoms with E-state index in [4.69, 9.17) is 3.07 Å². The summed E-state index contributed by atoms with van der Waals surface area (Å²) in [6.07, 6.45) is 0. The second kappa shape index (κ2) is 4.33. The van der Waals surface area contributed by atoms with Crippen molar-refractivity contribution in [1.29, 1.82) is 0 Å². The highest BCUT2D eigenvalue weighted by Crippen LogP contribution is 2.21. The summed E-state index contributed by atoms with van der Waals surface area (Å²) in [4.78, 5) is 10.4. The minimum Gasteiger partial charge on any atom is -0.403 e. The molecule has 59 valence electrons. The molecule has 0 atom stereocenters.